The molecular weight excluding hydrogens is 544 g/mol. The average Bonchev–Trinajstić information content (AvgIpc) is 3.71. The van der Waals surface area contributed by atoms with Gasteiger partial charge in [-0.2, -0.15) is 5.10 Å². The molecule has 7 aromatic rings. The molecule has 11 heteroatoms. The van der Waals surface area contributed by atoms with Gasteiger partial charge in [0, 0.05) is 18.0 Å². The second-order valence-corrected chi connectivity index (χ2v) is 10.8. The van der Waals surface area contributed by atoms with E-state index in [0.717, 1.165) is 38.2 Å². The summed E-state index contributed by atoms with van der Waals surface area (Å²) in [6.07, 6.45) is 5.36. The fraction of sp³-hybridized carbons (Fsp3) is 0.0345. The lowest BCUT2D eigenvalue weighted by Crippen LogP contribution is -2.14. The van der Waals surface area contributed by atoms with E-state index in [-0.39, 0.29) is 12.3 Å². The summed E-state index contributed by atoms with van der Waals surface area (Å²) in [6, 6.07) is 20.9. The molecule has 0 spiro atoms. The summed E-state index contributed by atoms with van der Waals surface area (Å²) < 4.78 is 0.689. The molecule has 0 saturated carbocycles. The molecule has 0 fully saturated rings. The quantitative estimate of drug-likeness (QED) is 0.212. The summed E-state index contributed by atoms with van der Waals surface area (Å²) in [5.74, 6) is 0.456. The first kappa shape index (κ1) is 24.1. The molecule has 0 bridgehead atoms. The number of carbonyl (C=O) groups is 1. The fourth-order valence-electron chi connectivity index (χ4n) is 4.53. The van der Waals surface area contributed by atoms with Crippen molar-refractivity contribution in [1.29, 1.82) is 0 Å². The van der Waals surface area contributed by atoms with Crippen LogP contribution in [0.1, 0.15) is 5.56 Å². The Morgan fingerprint density at radius 3 is 2.65 bits per heavy atom. The number of anilines is 1. The van der Waals surface area contributed by atoms with Gasteiger partial charge in [0.05, 0.1) is 44.2 Å². The number of halogens is 1. The summed E-state index contributed by atoms with van der Waals surface area (Å²) in [5, 5.41) is 10.5. The number of nitrogens with one attached hydrogen (secondary N) is 3. The number of carbonyl (C=O) groups excluding carboxylic acids is 1. The molecule has 1 aromatic carbocycles. The third-order valence-electron chi connectivity index (χ3n) is 6.36. The summed E-state index contributed by atoms with van der Waals surface area (Å²) in [4.78, 5) is 35.5. The molecule has 194 valence electrons. The van der Waals surface area contributed by atoms with Crippen molar-refractivity contribution in [3.05, 3.63) is 95.2 Å². The lowest BCUT2D eigenvalue weighted by molar-refractivity contribution is -0.115. The Bertz CT molecular complexity index is 2010. The molecule has 3 N–H and O–H groups in total. The van der Waals surface area contributed by atoms with Crippen molar-refractivity contribution in [2.75, 3.05) is 5.32 Å². The zero-order valence-corrected chi connectivity index (χ0v) is 22.3. The molecule has 0 unspecified atom stereocenters. The van der Waals surface area contributed by atoms with Crippen molar-refractivity contribution < 1.29 is 4.79 Å². The molecule has 0 atom stereocenters. The van der Waals surface area contributed by atoms with E-state index in [4.69, 9.17) is 21.6 Å². The summed E-state index contributed by atoms with van der Waals surface area (Å²) in [7, 11) is 0. The molecule has 0 radical (unpaired) electrons. The molecule has 6 heterocycles. The number of nitrogens with zero attached hydrogens (tertiary/aromatic N) is 5. The van der Waals surface area contributed by atoms with Crippen LogP contribution < -0.4 is 5.32 Å². The number of amides is 1. The lowest BCUT2D eigenvalue weighted by Gasteiger charge is -2.07. The van der Waals surface area contributed by atoms with Gasteiger partial charge < -0.3 is 10.3 Å². The highest BCUT2D eigenvalue weighted by molar-refractivity contribution is 7.19. The summed E-state index contributed by atoms with van der Waals surface area (Å²) in [5.41, 5.74) is 7.31. The SMILES string of the molecule is O=C(Cc1ccccc1)Nc1cncc(-c2ccc3[nH]nc(-c4nc5c(-c6ccc(Cl)s6)nccc5[nH]4)c3n2)c1. The van der Waals surface area contributed by atoms with E-state index in [9.17, 15) is 4.79 Å². The van der Waals surface area contributed by atoms with Crippen LogP contribution in [0.5, 0.6) is 0 Å². The maximum absolute atomic E-state index is 12.6. The molecule has 0 aliphatic carbocycles. The van der Waals surface area contributed by atoms with E-state index in [1.165, 1.54) is 11.3 Å². The number of fused-ring (bicyclic) bond motifs is 2. The van der Waals surface area contributed by atoms with Crippen LogP contribution in [0.2, 0.25) is 4.34 Å². The number of aromatic amines is 2. The van der Waals surface area contributed by atoms with Gasteiger partial charge in [-0.1, -0.05) is 41.9 Å². The zero-order chi connectivity index (χ0) is 27.1. The topological polar surface area (TPSA) is 125 Å². The van der Waals surface area contributed by atoms with E-state index in [1.807, 2.05) is 66.7 Å². The highest BCUT2D eigenvalue weighted by Gasteiger charge is 2.18. The Kier molecular flexibility index (Phi) is 6.03. The second kappa shape index (κ2) is 9.99. The van der Waals surface area contributed by atoms with Crippen LogP contribution in [0.25, 0.3) is 55.4 Å². The largest absolute Gasteiger partial charge is 0.336 e. The average molecular weight is 563 g/mol. The molecule has 0 aliphatic heterocycles. The van der Waals surface area contributed by atoms with Crippen molar-refractivity contribution in [3.8, 4) is 33.3 Å². The maximum Gasteiger partial charge on any atom is 0.228 e. The molecule has 0 saturated heterocycles. The van der Waals surface area contributed by atoms with Crippen LogP contribution in [0.15, 0.2) is 85.3 Å². The lowest BCUT2D eigenvalue weighted by atomic mass is 10.1. The minimum atomic E-state index is -0.116. The number of pyridine rings is 3. The van der Waals surface area contributed by atoms with Crippen LogP contribution >= 0.6 is 22.9 Å². The van der Waals surface area contributed by atoms with Gasteiger partial charge >= 0.3 is 0 Å². The molecule has 7 rings (SSSR count). The van der Waals surface area contributed by atoms with Crippen LogP contribution in [0, 0.1) is 0 Å². The number of aromatic nitrogens is 7. The monoisotopic (exact) mass is 562 g/mol. The summed E-state index contributed by atoms with van der Waals surface area (Å²) in [6.45, 7) is 0. The van der Waals surface area contributed by atoms with E-state index in [0.29, 0.717) is 32.8 Å². The maximum atomic E-state index is 12.6. The Hall–Kier alpha value is -4.93. The Morgan fingerprint density at radius 1 is 0.925 bits per heavy atom. The number of hydrogen-bond acceptors (Lipinski definition) is 7. The first-order valence-corrected chi connectivity index (χ1v) is 13.6. The first-order valence-electron chi connectivity index (χ1n) is 12.4. The minimum absolute atomic E-state index is 0.116. The number of benzene rings is 1. The standard InChI is InChI=1S/C29H19ClN8OS/c30-23-9-8-22(40-23)27-25-20(10-11-32-27)35-29(36-25)28-26-21(37-38-28)7-6-19(34-26)17-13-18(15-31-14-17)33-24(39)12-16-4-2-1-3-5-16/h1-11,13-15H,12H2,(H,33,39)(H,35,36)(H,37,38). The predicted octanol–water partition coefficient (Wildman–Crippen LogP) is 6.52. The Balaban J connectivity index is 1.21. The summed E-state index contributed by atoms with van der Waals surface area (Å²) >= 11 is 7.61. The van der Waals surface area contributed by atoms with Gasteiger partial charge in [0.25, 0.3) is 0 Å². The van der Waals surface area contributed by atoms with Crippen molar-refractivity contribution in [2.24, 2.45) is 0 Å². The van der Waals surface area contributed by atoms with Crippen molar-refractivity contribution in [3.63, 3.8) is 0 Å². The Labute approximate surface area is 236 Å². The third kappa shape index (κ3) is 4.59. The number of H-pyrrole nitrogens is 2. The number of hydrogen-bond donors (Lipinski definition) is 3. The van der Waals surface area contributed by atoms with Gasteiger partial charge in [-0.25, -0.2) is 9.97 Å². The third-order valence-corrected chi connectivity index (χ3v) is 7.60. The van der Waals surface area contributed by atoms with Gasteiger partial charge in [-0.15, -0.1) is 11.3 Å². The smallest absolute Gasteiger partial charge is 0.228 e. The minimum Gasteiger partial charge on any atom is -0.336 e. The van der Waals surface area contributed by atoms with E-state index in [1.54, 1.807) is 18.6 Å². The van der Waals surface area contributed by atoms with Gasteiger partial charge in [0.1, 0.15) is 16.7 Å². The van der Waals surface area contributed by atoms with E-state index < -0.39 is 0 Å². The van der Waals surface area contributed by atoms with Gasteiger partial charge in [-0.3, -0.25) is 19.9 Å². The molecule has 9 nitrogen and oxygen atoms in total. The molecule has 6 aromatic heterocycles. The van der Waals surface area contributed by atoms with Crippen LogP contribution in [-0.4, -0.2) is 41.0 Å². The van der Waals surface area contributed by atoms with Gasteiger partial charge in [0.15, 0.2) is 11.5 Å². The second-order valence-electron chi connectivity index (χ2n) is 9.08. The molecule has 1 amide bonds. The van der Waals surface area contributed by atoms with Gasteiger partial charge in [0.2, 0.25) is 5.91 Å². The normalized spacial score (nSPS) is 11.3. The fourth-order valence-corrected chi connectivity index (χ4v) is 5.57. The Morgan fingerprint density at radius 2 is 1.80 bits per heavy atom. The van der Waals surface area contributed by atoms with Gasteiger partial charge in [-0.05, 0) is 42.0 Å². The molecular formula is C29H19ClN8OS. The van der Waals surface area contributed by atoms with Crippen molar-refractivity contribution in [2.45, 2.75) is 6.42 Å². The molecule has 0 aliphatic rings. The molecule has 40 heavy (non-hydrogen) atoms. The van der Waals surface area contributed by atoms with E-state index >= 15 is 0 Å². The number of rotatable bonds is 6. The van der Waals surface area contributed by atoms with E-state index in [2.05, 4.69) is 30.5 Å². The first-order chi connectivity index (χ1) is 19.6. The van der Waals surface area contributed by atoms with Crippen LogP contribution in [-0.2, 0) is 11.2 Å². The van der Waals surface area contributed by atoms with Crippen LogP contribution in [0.4, 0.5) is 5.69 Å². The highest BCUT2D eigenvalue weighted by atomic mass is 35.5. The number of thiophene rings is 1. The van der Waals surface area contributed by atoms with Crippen molar-refractivity contribution >= 4 is 56.6 Å². The zero-order valence-electron chi connectivity index (χ0n) is 20.7. The van der Waals surface area contributed by atoms with Crippen LogP contribution in [0.3, 0.4) is 0 Å². The predicted molar refractivity (Wildman–Crippen MR) is 157 cm³/mol. The number of imidazole rings is 1. The van der Waals surface area contributed by atoms with Crippen molar-refractivity contribution in [1.82, 2.24) is 35.1 Å². The highest BCUT2D eigenvalue weighted by Crippen LogP contribution is 2.35.